The number of carbonyl (C=O) groups is 1. The third-order valence-corrected chi connectivity index (χ3v) is 4.02. The van der Waals surface area contributed by atoms with Crippen molar-refractivity contribution >= 4 is 16.7 Å². The summed E-state index contributed by atoms with van der Waals surface area (Å²) in [6, 6.07) is 12.4. The molecule has 6 nitrogen and oxygen atoms in total. The molecule has 1 amide bonds. The van der Waals surface area contributed by atoms with E-state index in [0.29, 0.717) is 16.5 Å². The maximum atomic E-state index is 12.5. The second-order valence-corrected chi connectivity index (χ2v) is 6.03. The fourth-order valence-electron chi connectivity index (χ4n) is 2.77. The smallest absolute Gasteiger partial charge is 0.405 e. The van der Waals surface area contributed by atoms with Crippen LogP contribution in [-0.2, 0) is 17.9 Å². The Labute approximate surface area is 157 Å². The lowest BCUT2D eigenvalue weighted by Gasteiger charge is -2.14. The van der Waals surface area contributed by atoms with Crippen molar-refractivity contribution in [2.45, 2.75) is 26.4 Å². The summed E-state index contributed by atoms with van der Waals surface area (Å²) in [4.78, 5) is 24.7. The van der Waals surface area contributed by atoms with E-state index in [4.69, 9.17) is 0 Å². The highest BCUT2D eigenvalue weighted by atomic mass is 19.4. The number of fused-ring (bicyclic) bond motifs is 1. The van der Waals surface area contributed by atoms with E-state index in [1.54, 1.807) is 31.2 Å². The van der Waals surface area contributed by atoms with Crippen molar-refractivity contribution in [3.05, 3.63) is 70.1 Å². The Bertz CT molecular complexity index is 1080. The molecule has 0 fully saturated rings. The van der Waals surface area contributed by atoms with Gasteiger partial charge in [0.1, 0.15) is 12.3 Å². The van der Waals surface area contributed by atoms with Crippen LogP contribution in [-0.4, -0.2) is 22.1 Å². The van der Waals surface area contributed by atoms with E-state index in [2.05, 4.69) is 15.2 Å². The first-order valence-corrected chi connectivity index (χ1v) is 8.31. The first-order chi connectivity index (χ1) is 13.2. The molecule has 2 aromatic carbocycles. The Morgan fingerprint density at radius 2 is 1.75 bits per heavy atom. The molecule has 0 unspecified atom stereocenters. The van der Waals surface area contributed by atoms with Crippen LogP contribution < -0.4 is 15.6 Å². The molecule has 0 aliphatic carbocycles. The number of hydrogen-bond acceptors (Lipinski definition) is 4. The molecular weight excluding hydrogens is 375 g/mol. The standard InChI is InChI=1S/C19H16F3N3O3/c1-12-14-7-3-4-8-15(14)18(27)25(24-12)11-17(26)23-10-13-6-2-5-9-16(13)28-19(20,21)22/h2-9H,10-11H2,1H3,(H,23,26). The van der Waals surface area contributed by atoms with Crippen molar-refractivity contribution in [2.24, 2.45) is 0 Å². The number of halogens is 3. The molecule has 3 aromatic rings. The third-order valence-electron chi connectivity index (χ3n) is 4.02. The van der Waals surface area contributed by atoms with E-state index in [1.807, 2.05) is 0 Å². The quantitative estimate of drug-likeness (QED) is 0.726. The lowest BCUT2D eigenvalue weighted by Crippen LogP contribution is -2.34. The molecule has 28 heavy (non-hydrogen) atoms. The fourth-order valence-corrected chi connectivity index (χ4v) is 2.77. The fraction of sp³-hybridized carbons (Fsp3) is 0.211. The number of carbonyl (C=O) groups excluding carboxylic acids is 1. The van der Waals surface area contributed by atoms with Gasteiger partial charge in [-0.2, -0.15) is 5.10 Å². The van der Waals surface area contributed by atoms with Gasteiger partial charge in [-0.1, -0.05) is 36.4 Å². The molecular formula is C19H16F3N3O3. The normalized spacial score (nSPS) is 11.4. The molecule has 9 heteroatoms. The second-order valence-electron chi connectivity index (χ2n) is 6.03. The number of alkyl halides is 3. The summed E-state index contributed by atoms with van der Waals surface area (Å²) >= 11 is 0. The van der Waals surface area contributed by atoms with E-state index in [0.717, 1.165) is 10.7 Å². The number of rotatable bonds is 5. The Morgan fingerprint density at radius 3 is 2.46 bits per heavy atom. The second kappa shape index (κ2) is 7.71. The van der Waals surface area contributed by atoms with E-state index < -0.39 is 23.6 Å². The molecule has 0 spiro atoms. The number of aryl methyl sites for hydroxylation is 1. The average molecular weight is 391 g/mol. The van der Waals surface area contributed by atoms with Crippen LogP contribution in [0.2, 0.25) is 0 Å². The molecule has 0 aliphatic rings. The van der Waals surface area contributed by atoms with Crippen molar-refractivity contribution in [3.8, 4) is 5.75 Å². The van der Waals surface area contributed by atoms with Gasteiger partial charge in [-0.05, 0) is 19.1 Å². The van der Waals surface area contributed by atoms with Crippen molar-refractivity contribution in [1.82, 2.24) is 15.1 Å². The van der Waals surface area contributed by atoms with Crippen molar-refractivity contribution in [2.75, 3.05) is 0 Å². The number of ether oxygens (including phenoxy) is 1. The summed E-state index contributed by atoms with van der Waals surface area (Å²) < 4.78 is 42.4. The maximum absolute atomic E-state index is 12.5. The predicted octanol–water partition coefficient (Wildman–Crippen LogP) is 2.92. The summed E-state index contributed by atoms with van der Waals surface area (Å²) in [5.41, 5.74) is 0.326. The molecule has 1 N–H and O–H groups in total. The van der Waals surface area contributed by atoms with Gasteiger partial charge in [-0.15, -0.1) is 13.2 Å². The zero-order valence-electron chi connectivity index (χ0n) is 14.8. The van der Waals surface area contributed by atoms with Crippen LogP contribution in [0.5, 0.6) is 5.75 Å². The maximum Gasteiger partial charge on any atom is 0.573 e. The highest BCUT2D eigenvalue weighted by Crippen LogP contribution is 2.26. The largest absolute Gasteiger partial charge is 0.573 e. The summed E-state index contributed by atoms with van der Waals surface area (Å²) in [5.74, 6) is -0.960. The highest BCUT2D eigenvalue weighted by Gasteiger charge is 2.32. The van der Waals surface area contributed by atoms with Crippen molar-refractivity contribution in [1.29, 1.82) is 0 Å². The van der Waals surface area contributed by atoms with Gasteiger partial charge in [-0.25, -0.2) is 4.68 Å². The van der Waals surface area contributed by atoms with Crippen LogP contribution in [0, 0.1) is 6.92 Å². The average Bonchev–Trinajstić information content (AvgIpc) is 2.64. The molecule has 0 saturated heterocycles. The first kappa shape index (κ1) is 19.4. The van der Waals surface area contributed by atoms with Crippen LogP contribution in [0.4, 0.5) is 13.2 Å². The van der Waals surface area contributed by atoms with Gasteiger partial charge in [0, 0.05) is 17.5 Å². The number of para-hydroxylation sites is 1. The molecule has 3 rings (SSSR count). The number of nitrogens with one attached hydrogen (secondary N) is 1. The molecule has 0 atom stereocenters. The van der Waals surface area contributed by atoms with Gasteiger partial charge in [-0.3, -0.25) is 9.59 Å². The van der Waals surface area contributed by atoms with E-state index >= 15 is 0 Å². The Hall–Kier alpha value is -3.36. The molecule has 1 heterocycles. The SMILES string of the molecule is Cc1nn(CC(=O)NCc2ccccc2OC(F)(F)F)c(=O)c2ccccc12. The first-order valence-electron chi connectivity index (χ1n) is 8.31. The zero-order valence-corrected chi connectivity index (χ0v) is 14.8. The molecule has 0 aliphatic heterocycles. The van der Waals surface area contributed by atoms with Crippen LogP contribution in [0.25, 0.3) is 10.8 Å². The molecule has 1 aromatic heterocycles. The minimum Gasteiger partial charge on any atom is -0.405 e. The third kappa shape index (κ3) is 4.48. The number of nitrogens with zero attached hydrogens (tertiary/aromatic N) is 2. The summed E-state index contributed by atoms with van der Waals surface area (Å²) in [7, 11) is 0. The van der Waals surface area contributed by atoms with Gasteiger partial charge in [0.2, 0.25) is 5.91 Å². The Morgan fingerprint density at radius 1 is 1.11 bits per heavy atom. The number of amides is 1. The van der Waals surface area contributed by atoms with Crippen molar-refractivity contribution < 1.29 is 22.7 Å². The van der Waals surface area contributed by atoms with Gasteiger partial charge in [0.15, 0.2) is 0 Å². The van der Waals surface area contributed by atoms with E-state index in [1.165, 1.54) is 18.2 Å². The highest BCUT2D eigenvalue weighted by molar-refractivity contribution is 5.83. The minimum absolute atomic E-state index is 0.156. The molecule has 0 saturated carbocycles. The summed E-state index contributed by atoms with van der Waals surface area (Å²) in [5, 5.41) is 7.75. The number of benzene rings is 2. The zero-order chi connectivity index (χ0) is 20.3. The monoisotopic (exact) mass is 391 g/mol. The lowest BCUT2D eigenvalue weighted by atomic mass is 10.1. The van der Waals surface area contributed by atoms with Gasteiger partial charge in [0.05, 0.1) is 11.1 Å². The molecule has 0 bridgehead atoms. The van der Waals surface area contributed by atoms with E-state index in [-0.39, 0.29) is 18.7 Å². The topological polar surface area (TPSA) is 73.2 Å². The van der Waals surface area contributed by atoms with Crippen molar-refractivity contribution in [3.63, 3.8) is 0 Å². The van der Waals surface area contributed by atoms with Crippen LogP contribution >= 0.6 is 0 Å². The Balaban J connectivity index is 1.73. The minimum atomic E-state index is -4.83. The number of hydrogen-bond donors (Lipinski definition) is 1. The summed E-state index contributed by atoms with van der Waals surface area (Å²) in [6.45, 7) is 1.18. The molecule has 0 radical (unpaired) electrons. The lowest BCUT2D eigenvalue weighted by molar-refractivity contribution is -0.274. The van der Waals surface area contributed by atoms with Gasteiger partial charge >= 0.3 is 6.36 Å². The number of aromatic nitrogens is 2. The summed E-state index contributed by atoms with van der Waals surface area (Å²) in [6.07, 6.45) is -4.83. The molecule has 146 valence electrons. The van der Waals surface area contributed by atoms with E-state index in [9.17, 15) is 22.8 Å². The van der Waals surface area contributed by atoms with Gasteiger partial charge < -0.3 is 10.1 Å². The van der Waals surface area contributed by atoms with Crippen LogP contribution in [0.3, 0.4) is 0 Å². The van der Waals surface area contributed by atoms with Crippen LogP contribution in [0.1, 0.15) is 11.3 Å². The van der Waals surface area contributed by atoms with Crippen LogP contribution in [0.15, 0.2) is 53.3 Å². The Kier molecular flexibility index (Phi) is 5.34. The predicted molar refractivity (Wildman–Crippen MR) is 95.7 cm³/mol. The van der Waals surface area contributed by atoms with Gasteiger partial charge in [0.25, 0.3) is 5.56 Å².